The van der Waals surface area contributed by atoms with Crippen LogP contribution in [-0.2, 0) is 11.3 Å². The molecule has 1 unspecified atom stereocenters. The van der Waals surface area contributed by atoms with Crippen molar-refractivity contribution < 1.29 is 9.84 Å². The molecule has 1 atom stereocenters. The van der Waals surface area contributed by atoms with Crippen molar-refractivity contribution in [2.45, 2.75) is 19.6 Å². The molecule has 0 saturated carbocycles. The average Bonchev–Trinajstić information content (AvgIpc) is 2.05. The minimum atomic E-state index is -0.409. The summed E-state index contributed by atoms with van der Waals surface area (Å²) in [5.41, 5.74) is 0.887. The highest BCUT2D eigenvalue weighted by Crippen LogP contribution is 1.96. The van der Waals surface area contributed by atoms with Crippen molar-refractivity contribution in [1.82, 2.24) is 4.98 Å². The molecule has 0 amide bonds. The van der Waals surface area contributed by atoms with E-state index in [1.165, 1.54) is 0 Å². The summed E-state index contributed by atoms with van der Waals surface area (Å²) in [7, 11) is 0. The zero-order valence-electron chi connectivity index (χ0n) is 7.10. The minimum absolute atomic E-state index is 0.358. The Balaban J connectivity index is 2.25. The third-order valence-electron chi connectivity index (χ3n) is 1.34. The second-order valence-electron chi connectivity index (χ2n) is 2.69. The predicted octanol–water partition coefficient (Wildman–Crippen LogP) is 0.979. The van der Waals surface area contributed by atoms with Crippen LogP contribution in [0, 0.1) is 0 Å². The number of aromatic nitrogens is 1. The van der Waals surface area contributed by atoms with Crippen LogP contribution in [0.3, 0.4) is 0 Å². The highest BCUT2D eigenvalue weighted by molar-refractivity contribution is 5.01. The van der Waals surface area contributed by atoms with Crippen LogP contribution in [0.5, 0.6) is 0 Å². The molecule has 1 aromatic rings. The number of hydrogen-bond acceptors (Lipinski definition) is 3. The zero-order valence-corrected chi connectivity index (χ0v) is 7.10. The highest BCUT2D eigenvalue weighted by atomic mass is 16.5. The Labute approximate surface area is 72.0 Å². The van der Waals surface area contributed by atoms with Crippen molar-refractivity contribution >= 4 is 0 Å². The molecule has 0 radical (unpaired) electrons. The third kappa shape index (κ3) is 3.46. The van der Waals surface area contributed by atoms with Gasteiger partial charge in [-0.25, -0.2) is 0 Å². The van der Waals surface area contributed by atoms with Crippen LogP contribution in [0.2, 0.25) is 0 Å². The fourth-order valence-corrected chi connectivity index (χ4v) is 0.818. The fraction of sp³-hybridized carbons (Fsp3) is 0.444. The van der Waals surface area contributed by atoms with E-state index in [1.807, 2.05) is 18.2 Å². The SMILES string of the molecule is CC(O)COCc1ccccn1. The van der Waals surface area contributed by atoms with E-state index in [1.54, 1.807) is 13.1 Å². The van der Waals surface area contributed by atoms with Crippen LogP contribution in [0.15, 0.2) is 24.4 Å². The standard InChI is InChI=1S/C9H13NO2/c1-8(11)6-12-7-9-4-2-3-5-10-9/h2-5,8,11H,6-7H2,1H3. The molecule has 3 heteroatoms. The molecule has 0 spiro atoms. The van der Waals surface area contributed by atoms with Gasteiger partial charge in [-0.05, 0) is 19.1 Å². The highest BCUT2D eigenvalue weighted by Gasteiger charge is 1.96. The molecule has 0 aliphatic heterocycles. The largest absolute Gasteiger partial charge is 0.391 e. The van der Waals surface area contributed by atoms with Crippen molar-refractivity contribution in [3.8, 4) is 0 Å². The van der Waals surface area contributed by atoms with E-state index in [0.717, 1.165) is 5.69 Å². The average molecular weight is 167 g/mol. The lowest BCUT2D eigenvalue weighted by Crippen LogP contribution is -2.10. The second kappa shape index (κ2) is 4.85. The zero-order chi connectivity index (χ0) is 8.81. The molecule has 1 N–H and O–H groups in total. The molecule has 66 valence electrons. The van der Waals surface area contributed by atoms with E-state index < -0.39 is 6.10 Å². The van der Waals surface area contributed by atoms with Crippen LogP contribution in [0.25, 0.3) is 0 Å². The summed E-state index contributed by atoms with van der Waals surface area (Å²) in [6, 6.07) is 5.66. The Bertz CT molecular complexity index is 211. The maximum atomic E-state index is 8.88. The molecule has 0 aromatic carbocycles. The number of aliphatic hydroxyl groups excluding tert-OH is 1. The van der Waals surface area contributed by atoms with Crippen LogP contribution >= 0.6 is 0 Å². The van der Waals surface area contributed by atoms with Gasteiger partial charge in [-0.2, -0.15) is 0 Å². The summed E-state index contributed by atoms with van der Waals surface area (Å²) in [6.07, 6.45) is 1.31. The Morgan fingerprint density at radius 1 is 1.58 bits per heavy atom. The van der Waals surface area contributed by atoms with E-state index in [9.17, 15) is 0 Å². The maximum Gasteiger partial charge on any atom is 0.0889 e. The topological polar surface area (TPSA) is 42.4 Å². The summed E-state index contributed by atoms with van der Waals surface area (Å²) in [6.45, 7) is 2.51. The van der Waals surface area contributed by atoms with Gasteiger partial charge >= 0.3 is 0 Å². The van der Waals surface area contributed by atoms with Crippen molar-refractivity contribution in [1.29, 1.82) is 0 Å². The van der Waals surface area contributed by atoms with Gasteiger partial charge in [-0.1, -0.05) is 6.07 Å². The lowest BCUT2D eigenvalue weighted by Gasteiger charge is -2.04. The van der Waals surface area contributed by atoms with Crippen LogP contribution in [-0.4, -0.2) is 22.8 Å². The quantitative estimate of drug-likeness (QED) is 0.726. The number of rotatable bonds is 4. The third-order valence-corrected chi connectivity index (χ3v) is 1.34. The molecule has 1 aromatic heterocycles. The Kier molecular flexibility index (Phi) is 3.70. The minimum Gasteiger partial charge on any atom is -0.391 e. The predicted molar refractivity (Wildman–Crippen MR) is 45.6 cm³/mol. The van der Waals surface area contributed by atoms with Gasteiger partial charge in [0.15, 0.2) is 0 Å². The number of hydrogen-bond donors (Lipinski definition) is 1. The molecule has 0 saturated heterocycles. The van der Waals surface area contributed by atoms with Crippen LogP contribution < -0.4 is 0 Å². The van der Waals surface area contributed by atoms with E-state index >= 15 is 0 Å². The summed E-state index contributed by atoms with van der Waals surface area (Å²) >= 11 is 0. The molecule has 1 heterocycles. The Morgan fingerprint density at radius 2 is 2.42 bits per heavy atom. The van der Waals surface area contributed by atoms with Crippen molar-refractivity contribution in [2.75, 3.05) is 6.61 Å². The first-order valence-electron chi connectivity index (χ1n) is 3.95. The van der Waals surface area contributed by atoms with E-state index in [2.05, 4.69) is 4.98 Å². The summed E-state index contributed by atoms with van der Waals surface area (Å²) < 4.78 is 5.17. The van der Waals surface area contributed by atoms with E-state index in [4.69, 9.17) is 9.84 Å². The van der Waals surface area contributed by atoms with Crippen LogP contribution in [0.4, 0.5) is 0 Å². The van der Waals surface area contributed by atoms with Gasteiger partial charge in [0.05, 0.1) is 25.0 Å². The first-order chi connectivity index (χ1) is 5.79. The van der Waals surface area contributed by atoms with Crippen molar-refractivity contribution in [3.05, 3.63) is 30.1 Å². The number of nitrogens with zero attached hydrogens (tertiary/aromatic N) is 1. The molecule has 0 fully saturated rings. The van der Waals surface area contributed by atoms with Gasteiger partial charge in [0.1, 0.15) is 0 Å². The Hall–Kier alpha value is -0.930. The van der Waals surface area contributed by atoms with Gasteiger partial charge < -0.3 is 9.84 Å². The van der Waals surface area contributed by atoms with E-state index in [-0.39, 0.29) is 0 Å². The molecule has 3 nitrogen and oxygen atoms in total. The van der Waals surface area contributed by atoms with Gasteiger partial charge in [0.2, 0.25) is 0 Å². The van der Waals surface area contributed by atoms with Gasteiger partial charge in [0.25, 0.3) is 0 Å². The first kappa shape index (κ1) is 9.16. The molecule has 1 rings (SSSR count). The smallest absolute Gasteiger partial charge is 0.0889 e. The van der Waals surface area contributed by atoms with Crippen molar-refractivity contribution in [3.63, 3.8) is 0 Å². The lowest BCUT2D eigenvalue weighted by molar-refractivity contribution is 0.0363. The van der Waals surface area contributed by atoms with Gasteiger partial charge in [-0.3, -0.25) is 4.98 Å². The fourth-order valence-electron chi connectivity index (χ4n) is 0.818. The van der Waals surface area contributed by atoms with Gasteiger partial charge in [0, 0.05) is 6.20 Å². The van der Waals surface area contributed by atoms with Crippen molar-refractivity contribution in [2.24, 2.45) is 0 Å². The summed E-state index contributed by atoms with van der Waals surface area (Å²) in [5.74, 6) is 0. The first-order valence-corrected chi connectivity index (χ1v) is 3.95. The number of aliphatic hydroxyl groups is 1. The lowest BCUT2D eigenvalue weighted by atomic mass is 10.4. The molecule has 0 aliphatic carbocycles. The van der Waals surface area contributed by atoms with Crippen LogP contribution in [0.1, 0.15) is 12.6 Å². The number of ether oxygens (including phenoxy) is 1. The maximum absolute atomic E-state index is 8.88. The normalized spacial score (nSPS) is 12.8. The Morgan fingerprint density at radius 3 is 3.00 bits per heavy atom. The molecule has 0 bridgehead atoms. The molecular formula is C9H13NO2. The molecular weight excluding hydrogens is 154 g/mol. The summed E-state index contributed by atoms with van der Waals surface area (Å²) in [5, 5.41) is 8.88. The molecule has 0 aliphatic rings. The second-order valence-corrected chi connectivity index (χ2v) is 2.69. The number of pyridine rings is 1. The van der Waals surface area contributed by atoms with Gasteiger partial charge in [-0.15, -0.1) is 0 Å². The monoisotopic (exact) mass is 167 g/mol. The summed E-state index contributed by atoms with van der Waals surface area (Å²) in [4.78, 5) is 4.07. The molecule has 12 heavy (non-hydrogen) atoms. The van der Waals surface area contributed by atoms with E-state index in [0.29, 0.717) is 13.2 Å².